The molecule has 2 heterocycles. The number of aryl methyl sites for hydroxylation is 1. The molecule has 0 saturated heterocycles. The number of amides is 1. The fraction of sp³-hybridized carbons (Fsp3) is 0.353. The standard InChI is InChI=1S/C17H17ClN2O3S/c1-23-11-7-8(18)6-10(14(11)21)15-19-16(22)13-9-4-2-3-5-12(9)24-17(13)20-15/h6-7,15,20-21H,2-5H2,1H3,(H,19,22). The lowest BCUT2D eigenvalue weighted by molar-refractivity contribution is 0.0935. The molecule has 2 aromatic rings. The number of halogens is 1. The van der Waals surface area contributed by atoms with Crippen molar-refractivity contribution in [2.45, 2.75) is 31.8 Å². The number of carbonyl (C=O) groups excluding carboxylic acids is 1. The molecule has 7 heteroatoms. The van der Waals surface area contributed by atoms with E-state index in [9.17, 15) is 9.90 Å². The summed E-state index contributed by atoms with van der Waals surface area (Å²) in [5, 5.41) is 18.0. The van der Waals surface area contributed by atoms with Crippen LogP contribution in [0.2, 0.25) is 5.02 Å². The van der Waals surface area contributed by atoms with Crippen LogP contribution in [0.15, 0.2) is 12.1 Å². The second kappa shape index (κ2) is 5.86. The second-order valence-electron chi connectivity index (χ2n) is 6.01. The highest BCUT2D eigenvalue weighted by Crippen LogP contribution is 2.44. The van der Waals surface area contributed by atoms with Crippen LogP contribution < -0.4 is 15.4 Å². The zero-order valence-corrected chi connectivity index (χ0v) is 14.7. The van der Waals surface area contributed by atoms with E-state index < -0.39 is 6.17 Å². The van der Waals surface area contributed by atoms with E-state index in [0.717, 1.165) is 29.8 Å². The lowest BCUT2D eigenvalue weighted by Gasteiger charge is -2.27. The van der Waals surface area contributed by atoms with Gasteiger partial charge in [0.2, 0.25) is 0 Å². The minimum Gasteiger partial charge on any atom is -0.504 e. The first-order valence-corrected chi connectivity index (χ1v) is 9.06. The molecule has 1 aromatic heterocycles. The molecule has 1 atom stereocenters. The number of benzene rings is 1. The number of thiophene rings is 1. The number of anilines is 1. The van der Waals surface area contributed by atoms with Crippen LogP contribution in [0.3, 0.4) is 0 Å². The van der Waals surface area contributed by atoms with E-state index in [0.29, 0.717) is 10.6 Å². The summed E-state index contributed by atoms with van der Waals surface area (Å²) >= 11 is 7.75. The third kappa shape index (κ3) is 2.41. The molecule has 1 aromatic carbocycles. The Bertz CT molecular complexity index is 834. The maximum atomic E-state index is 12.7. The van der Waals surface area contributed by atoms with Crippen molar-refractivity contribution >= 4 is 33.8 Å². The Morgan fingerprint density at radius 3 is 2.88 bits per heavy atom. The van der Waals surface area contributed by atoms with Crippen molar-refractivity contribution in [1.82, 2.24) is 5.32 Å². The summed E-state index contributed by atoms with van der Waals surface area (Å²) < 4.78 is 5.15. The summed E-state index contributed by atoms with van der Waals surface area (Å²) in [4.78, 5) is 14.0. The van der Waals surface area contributed by atoms with E-state index in [1.807, 2.05) is 0 Å². The van der Waals surface area contributed by atoms with Gasteiger partial charge in [-0.1, -0.05) is 11.6 Å². The van der Waals surface area contributed by atoms with E-state index in [1.54, 1.807) is 23.5 Å². The number of phenols is 1. The summed E-state index contributed by atoms with van der Waals surface area (Å²) in [6, 6.07) is 3.18. The van der Waals surface area contributed by atoms with Crippen LogP contribution in [0.5, 0.6) is 11.5 Å². The molecule has 1 aliphatic carbocycles. The smallest absolute Gasteiger partial charge is 0.256 e. The summed E-state index contributed by atoms with van der Waals surface area (Å²) in [6.07, 6.45) is 3.74. The largest absolute Gasteiger partial charge is 0.504 e. The fourth-order valence-corrected chi connectivity index (χ4v) is 4.94. The van der Waals surface area contributed by atoms with Gasteiger partial charge >= 0.3 is 0 Å². The minimum absolute atomic E-state index is 0.0236. The molecule has 3 N–H and O–H groups in total. The van der Waals surface area contributed by atoms with E-state index in [1.165, 1.54) is 24.0 Å². The summed E-state index contributed by atoms with van der Waals surface area (Å²) in [6.45, 7) is 0. The van der Waals surface area contributed by atoms with Gasteiger partial charge in [0.05, 0.1) is 12.7 Å². The molecule has 4 rings (SSSR count). The molecule has 5 nitrogen and oxygen atoms in total. The highest BCUT2D eigenvalue weighted by atomic mass is 35.5. The van der Waals surface area contributed by atoms with Crippen molar-refractivity contribution < 1.29 is 14.6 Å². The van der Waals surface area contributed by atoms with Gasteiger partial charge < -0.3 is 20.5 Å². The minimum atomic E-state index is -0.544. The Kier molecular flexibility index (Phi) is 3.81. The summed E-state index contributed by atoms with van der Waals surface area (Å²) in [5.74, 6) is 0.154. The average Bonchev–Trinajstić information content (AvgIpc) is 2.95. The summed E-state index contributed by atoms with van der Waals surface area (Å²) in [7, 11) is 1.47. The van der Waals surface area contributed by atoms with Gasteiger partial charge in [-0.15, -0.1) is 11.3 Å². The lowest BCUT2D eigenvalue weighted by atomic mass is 9.94. The number of aromatic hydroxyl groups is 1. The van der Waals surface area contributed by atoms with Gasteiger partial charge in [-0.2, -0.15) is 0 Å². The van der Waals surface area contributed by atoms with Crippen molar-refractivity contribution in [3.8, 4) is 11.5 Å². The van der Waals surface area contributed by atoms with E-state index in [-0.39, 0.29) is 17.4 Å². The van der Waals surface area contributed by atoms with Crippen molar-refractivity contribution in [3.05, 3.63) is 38.7 Å². The number of nitrogens with one attached hydrogen (secondary N) is 2. The summed E-state index contributed by atoms with van der Waals surface area (Å²) in [5.41, 5.74) is 2.43. The molecule has 1 unspecified atom stereocenters. The number of hydrogen-bond acceptors (Lipinski definition) is 5. The molecule has 0 radical (unpaired) electrons. The third-order valence-electron chi connectivity index (χ3n) is 4.55. The average molecular weight is 365 g/mol. The van der Waals surface area contributed by atoms with E-state index >= 15 is 0 Å². The highest BCUT2D eigenvalue weighted by molar-refractivity contribution is 7.16. The van der Waals surface area contributed by atoms with Crippen molar-refractivity contribution in [2.24, 2.45) is 0 Å². The fourth-order valence-electron chi connectivity index (χ4n) is 3.40. The van der Waals surface area contributed by atoms with Crippen molar-refractivity contribution in [1.29, 1.82) is 0 Å². The predicted octanol–water partition coefficient (Wildman–Crippen LogP) is 3.85. The van der Waals surface area contributed by atoms with Gasteiger partial charge in [-0.3, -0.25) is 4.79 Å². The Morgan fingerprint density at radius 1 is 1.29 bits per heavy atom. The molecular weight excluding hydrogens is 348 g/mol. The number of hydrogen-bond donors (Lipinski definition) is 3. The van der Waals surface area contributed by atoms with Gasteiger partial charge in [-0.05, 0) is 37.3 Å². The molecule has 0 bridgehead atoms. The first kappa shape index (κ1) is 15.6. The van der Waals surface area contributed by atoms with Gasteiger partial charge in [0.15, 0.2) is 11.5 Å². The maximum Gasteiger partial charge on any atom is 0.256 e. The van der Waals surface area contributed by atoms with Crippen LogP contribution in [-0.2, 0) is 12.8 Å². The van der Waals surface area contributed by atoms with Gasteiger partial charge in [0, 0.05) is 21.5 Å². The van der Waals surface area contributed by atoms with Crippen LogP contribution in [0.4, 0.5) is 5.00 Å². The predicted molar refractivity (Wildman–Crippen MR) is 94.5 cm³/mol. The first-order valence-electron chi connectivity index (χ1n) is 7.87. The molecule has 1 aliphatic heterocycles. The number of phenolic OH excluding ortho intramolecular Hbond substituents is 1. The molecule has 126 valence electrons. The van der Waals surface area contributed by atoms with Gasteiger partial charge in [0.1, 0.15) is 11.2 Å². The molecule has 0 fully saturated rings. The third-order valence-corrected chi connectivity index (χ3v) is 5.99. The van der Waals surface area contributed by atoms with Crippen LogP contribution in [0, 0.1) is 0 Å². The first-order chi connectivity index (χ1) is 11.6. The quantitative estimate of drug-likeness (QED) is 0.757. The van der Waals surface area contributed by atoms with Gasteiger partial charge in [0.25, 0.3) is 5.91 Å². The van der Waals surface area contributed by atoms with Crippen molar-refractivity contribution in [2.75, 3.05) is 12.4 Å². The zero-order valence-electron chi connectivity index (χ0n) is 13.1. The molecule has 1 amide bonds. The van der Waals surface area contributed by atoms with Crippen molar-refractivity contribution in [3.63, 3.8) is 0 Å². The molecule has 0 saturated carbocycles. The Labute approximate surface area is 148 Å². The van der Waals surface area contributed by atoms with E-state index in [4.69, 9.17) is 16.3 Å². The maximum absolute atomic E-state index is 12.7. The number of carbonyl (C=O) groups is 1. The van der Waals surface area contributed by atoms with E-state index in [2.05, 4.69) is 10.6 Å². The number of fused-ring (bicyclic) bond motifs is 3. The topological polar surface area (TPSA) is 70.6 Å². The zero-order chi connectivity index (χ0) is 16.8. The highest BCUT2D eigenvalue weighted by Gasteiger charge is 2.33. The van der Waals surface area contributed by atoms with Gasteiger partial charge in [-0.25, -0.2) is 0 Å². The van der Waals surface area contributed by atoms with Crippen LogP contribution >= 0.6 is 22.9 Å². The number of rotatable bonds is 2. The molecular formula is C17H17ClN2O3S. The Hall–Kier alpha value is -1.92. The molecule has 24 heavy (non-hydrogen) atoms. The SMILES string of the molecule is COc1cc(Cl)cc(C2NC(=O)c3c(sc4c3CCCC4)N2)c1O. The van der Waals surface area contributed by atoms with Crippen LogP contribution in [0.1, 0.15) is 45.4 Å². The second-order valence-corrected chi connectivity index (χ2v) is 7.55. The number of methoxy groups -OCH3 is 1. The Morgan fingerprint density at radius 2 is 2.08 bits per heavy atom. The Balaban J connectivity index is 1.75. The molecule has 2 aliphatic rings. The lowest BCUT2D eigenvalue weighted by Crippen LogP contribution is -2.38. The number of ether oxygens (including phenoxy) is 1. The monoisotopic (exact) mass is 364 g/mol. The normalized spacial score (nSPS) is 19.1. The van der Waals surface area contributed by atoms with Crippen LogP contribution in [0.25, 0.3) is 0 Å². The van der Waals surface area contributed by atoms with Crippen LogP contribution in [-0.4, -0.2) is 18.1 Å². The molecule has 0 spiro atoms.